The van der Waals surface area contributed by atoms with Crippen LogP contribution < -0.4 is 11.1 Å². The van der Waals surface area contributed by atoms with E-state index in [1.807, 2.05) is 18.2 Å². The summed E-state index contributed by atoms with van der Waals surface area (Å²) < 4.78 is 0. The second-order valence-electron chi connectivity index (χ2n) is 8.38. The molecule has 176 valence electrons. The molecule has 0 bridgehead atoms. The van der Waals surface area contributed by atoms with Gasteiger partial charge in [-0.3, -0.25) is 4.79 Å². The molecule has 0 aromatic heterocycles. The lowest BCUT2D eigenvalue weighted by Crippen LogP contribution is -2.61. The number of carbonyl (C=O) groups is 1. The van der Waals surface area contributed by atoms with E-state index in [2.05, 4.69) is 41.7 Å². The highest BCUT2D eigenvalue weighted by atomic mass is 35.5. The third kappa shape index (κ3) is 7.47. The molecule has 1 fully saturated rings. The lowest BCUT2D eigenvalue weighted by molar-refractivity contribution is -0.148. The fourth-order valence-electron chi connectivity index (χ4n) is 4.14. The molecule has 1 saturated carbocycles. The molecule has 1 atom stereocenters. The van der Waals surface area contributed by atoms with Crippen LogP contribution in [0.1, 0.15) is 37.7 Å². The maximum absolute atomic E-state index is 11.8. The summed E-state index contributed by atoms with van der Waals surface area (Å²) >= 11 is 0. The molecular weight excluding hydrogens is 450 g/mol. The summed E-state index contributed by atoms with van der Waals surface area (Å²) in [7, 11) is -1.35. The molecule has 0 heterocycles. The smallest absolute Gasteiger partial charge is 0.451 e. The zero-order chi connectivity index (χ0) is 21.6. The van der Waals surface area contributed by atoms with Crippen molar-refractivity contribution in [3.05, 3.63) is 60.2 Å². The molecule has 32 heavy (non-hydrogen) atoms. The molecule has 0 amide bonds. The number of nitrogens with two attached hydrogens (primary N) is 1. The average molecular weight is 483 g/mol. The van der Waals surface area contributed by atoms with Gasteiger partial charge in [0, 0.05) is 12.6 Å². The van der Waals surface area contributed by atoms with Gasteiger partial charge in [0.1, 0.15) is 5.54 Å². The Kier molecular flexibility index (Phi) is 11.7. The SMILES string of the molecule is Cl.Cl.NC(CCCCB(O)O)(C(=O)O)C1CC(NCc2ccc(-c3ccccc3)cc2)C1. The van der Waals surface area contributed by atoms with E-state index in [-0.39, 0.29) is 43.1 Å². The van der Waals surface area contributed by atoms with Gasteiger partial charge in [-0.25, -0.2) is 0 Å². The molecule has 0 saturated heterocycles. The van der Waals surface area contributed by atoms with Gasteiger partial charge in [0.15, 0.2) is 0 Å². The van der Waals surface area contributed by atoms with Crippen molar-refractivity contribution in [1.29, 1.82) is 0 Å². The maximum atomic E-state index is 11.8. The monoisotopic (exact) mass is 482 g/mol. The Morgan fingerprint density at radius 3 is 2.16 bits per heavy atom. The first kappa shape index (κ1) is 28.4. The normalized spacial score (nSPS) is 19.0. The van der Waals surface area contributed by atoms with Crippen LogP contribution in [0.4, 0.5) is 0 Å². The van der Waals surface area contributed by atoms with Gasteiger partial charge >= 0.3 is 13.1 Å². The topological polar surface area (TPSA) is 116 Å². The highest BCUT2D eigenvalue weighted by Gasteiger charge is 2.47. The van der Waals surface area contributed by atoms with E-state index in [0.717, 1.165) is 19.4 Å². The first-order chi connectivity index (χ1) is 14.4. The van der Waals surface area contributed by atoms with E-state index in [9.17, 15) is 9.90 Å². The predicted molar refractivity (Wildman–Crippen MR) is 133 cm³/mol. The van der Waals surface area contributed by atoms with Gasteiger partial charge in [0.05, 0.1) is 0 Å². The summed E-state index contributed by atoms with van der Waals surface area (Å²) in [6, 6.07) is 19.0. The highest BCUT2D eigenvalue weighted by molar-refractivity contribution is 6.40. The molecule has 1 unspecified atom stereocenters. The van der Waals surface area contributed by atoms with Gasteiger partial charge in [-0.1, -0.05) is 67.4 Å². The van der Waals surface area contributed by atoms with Crippen molar-refractivity contribution in [2.24, 2.45) is 11.7 Å². The van der Waals surface area contributed by atoms with Crippen molar-refractivity contribution < 1.29 is 19.9 Å². The number of hydrogen-bond donors (Lipinski definition) is 5. The number of carboxylic acid groups (broad SMARTS) is 1. The second kappa shape index (κ2) is 13.2. The zero-order valence-corrected chi connectivity index (χ0v) is 19.7. The molecule has 0 aliphatic heterocycles. The van der Waals surface area contributed by atoms with E-state index >= 15 is 0 Å². The average Bonchev–Trinajstić information content (AvgIpc) is 2.71. The third-order valence-electron chi connectivity index (χ3n) is 6.22. The number of aliphatic carboxylic acids is 1. The highest BCUT2D eigenvalue weighted by Crippen LogP contribution is 2.38. The van der Waals surface area contributed by atoms with Crippen molar-refractivity contribution in [2.75, 3.05) is 0 Å². The minimum Gasteiger partial charge on any atom is -0.480 e. The van der Waals surface area contributed by atoms with Gasteiger partial charge in [-0.05, 0) is 48.2 Å². The summed E-state index contributed by atoms with van der Waals surface area (Å²) in [6.45, 7) is 0.742. The van der Waals surface area contributed by atoms with Crippen LogP contribution in [0.2, 0.25) is 6.32 Å². The Labute approximate surface area is 202 Å². The molecule has 1 aliphatic rings. The minimum atomic E-state index is -1.35. The van der Waals surface area contributed by atoms with Gasteiger partial charge in [-0.2, -0.15) is 0 Å². The van der Waals surface area contributed by atoms with Crippen molar-refractivity contribution in [1.82, 2.24) is 5.32 Å². The number of hydrogen-bond acceptors (Lipinski definition) is 5. The second-order valence-corrected chi connectivity index (χ2v) is 8.38. The van der Waals surface area contributed by atoms with Crippen LogP contribution in [0, 0.1) is 5.92 Å². The van der Waals surface area contributed by atoms with Crippen LogP contribution in [0.15, 0.2) is 54.6 Å². The lowest BCUT2D eigenvalue weighted by Gasteiger charge is -2.45. The van der Waals surface area contributed by atoms with Crippen LogP contribution in [-0.2, 0) is 11.3 Å². The molecule has 2 aromatic rings. The number of halogens is 2. The fourth-order valence-corrected chi connectivity index (χ4v) is 4.14. The summed E-state index contributed by atoms with van der Waals surface area (Å²) in [5.74, 6) is -1.03. The van der Waals surface area contributed by atoms with Crippen molar-refractivity contribution >= 4 is 37.9 Å². The fraction of sp³-hybridized carbons (Fsp3) is 0.435. The number of benzene rings is 2. The number of unbranched alkanes of at least 4 members (excludes halogenated alkanes) is 1. The van der Waals surface area contributed by atoms with Crippen molar-refractivity contribution in [2.45, 2.75) is 56.5 Å². The standard InChI is InChI=1S/C23H31BN2O4.2ClH/c25-23(22(27)28,12-4-5-13-24(29)30)20-14-21(15-20)26-16-17-8-10-19(11-9-17)18-6-2-1-3-7-18;;/h1-3,6-11,20-21,26,29-30H,4-5,12-16,25H2,(H,27,28);2*1H. The van der Waals surface area contributed by atoms with Crippen LogP contribution in [0.25, 0.3) is 11.1 Å². The molecule has 1 aliphatic carbocycles. The minimum absolute atomic E-state index is 0. The van der Waals surface area contributed by atoms with Crippen molar-refractivity contribution in [3.63, 3.8) is 0 Å². The van der Waals surface area contributed by atoms with E-state index in [1.165, 1.54) is 16.7 Å². The Morgan fingerprint density at radius 2 is 1.59 bits per heavy atom. The number of rotatable bonds is 11. The first-order valence-corrected chi connectivity index (χ1v) is 10.6. The Balaban J connectivity index is 0.00000256. The quantitative estimate of drug-likeness (QED) is 0.247. The molecule has 6 N–H and O–H groups in total. The van der Waals surface area contributed by atoms with Crippen LogP contribution in [0.3, 0.4) is 0 Å². The maximum Gasteiger partial charge on any atom is 0.451 e. The first-order valence-electron chi connectivity index (χ1n) is 10.6. The van der Waals surface area contributed by atoms with Gasteiger partial charge in [-0.15, -0.1) is 24.8 Å². The molecule has 6 nitrogen and oxygen atoms in total. The van der Waals surface area contributed by atoms with Gasteiger partial charge < -0.3 is 26.2 Å². The molecular formula is C23H33BCl2N2O4. The van der Waals surface area contributed by atoms with Gasteiger partial charge in [0.2, 0.25) is 0 Å². The third-order valence-corrected chi connectivity index (χ3v) is 6.22. The summed E-state index contributed by atoms with van der Waals surface area (Å²) in [5, 5.41) is 31.0. The molecule has 0 spiro atoms. The number of nitrogens with one attached hydrogen (secondary N) is 1. The lowest BCUT2D eigenvalue weighted by atomic mass is 9.66. The van der Waals surface area contributed by atoms with Crippen molar-refractivity contribution in [3.8, 4) is 11.1 Å². The molecule has 0 radical (unpaired) electrons. The summed E-state index contributed by atoms with van der Waals surface area (Å²) in [4.78, 5) is 11.8. The molecule has 2 aromatic carbocycles. The Bertz CT molecular complexity index is 821. The van der Waals surface area contributed by atoms with Crippen LogP contribution in [0.5, 0.6) is 0 Å². The molecule has 9 heteroatoms. The van der Waals surface area contributed by atoms with E-state index < -0.39 is 18.6 Å². The van der Waals surface area contributed by atoms with Crippen LogP contribution >= 0.6 is 24.8 Å². The van der Waals surface area contributed by atoms with Crippen LogP contribution in [-0.4, -0.2) is 39.8 Å². The Hall–Kier alpha value is -1.61. The predicted octanol–water partition coefficient (Wildman–Crippen LogP) is 3.49. The summed E-state index contributed by atoms with van der Waals surface area (Å²) in [6.07, 6.45) is 3.21. The van der Waals surface area contributed by atoms with Gasteiger partial charge in [0.25, 0.3) is 0 Å². The van der Waals surface area contributed by atoms with E-state index in [4.69, 9.17) is 15.8 Å². The summed E-state index contributed by atoms with van der Waals surface area (Å²) in [5.41, 5.74) is 8.59. The van der Waals surface area contributed by atoms with E-state index in [1.54, 1.807) is 0 Å². The Morgan fingerprint density at radius 1 is 1.00 bits per heavy atom. The molecule has 3 rings (SSSR count). The number of carboxylic acids is 1. The largest absolute Gasteiger partial charge is 0.480 e. The van der Waals surface area contributed by atoms with E-state index in [0.29, 0.717) is 19.3 Å². The zero-order valence-electron chi connectivity index (χ0n) is 18.0.